The number of hydrogen-bond acceptors (Lipinski definition) is 2. The quantitative estimate of drug-likeness (QED) is 0.716. The average Bonchev–Trinajstić information content (AvgIpc) is 2.49. The van der Waals surface area contributed by atoms with Gasteiger partial charge in [0.2, 0.25) is 0 Å². The number of rotatable bonds is 4. The van der Waals surface area contributed by atoms with Crippen LogP contribution in [0.2, 0.25) is 0 Å². The second-order valence-electron chi connectivity index (χ2n) is 6.48. The molecule has 0 radical (unpaired) electrons. The summed E-state index contributed by atoms with van der Waals surface area (Å²) in [5.74, 6) is 0. The van der Waals surface area contributed by atoms with Gasteiger partial charge in [-0.2, -0.15) is 13.2 Å². The Hall–Kier alpha value is -1.72. The van der Waals surface area contributed by atoms with Crippen molar-refractivity contribution in [2.24, 2.45) is 0 Å². The van der Waals surface area contributed by atoms with Crippen molar-refractivity contribution in [3.63, 3.8) is 0 Å². The average molecular weight is 343 g/mol. The Morgan fingerprint density at radius 3 is 2.67 bits per heavy atom. The van der Waals surface area contributed by atoms with E-state index in [0.29, 0.717) is 24.1 Å². The number of nitrogens with zero attached hydrogens (tertiary/aromatic N) is 1. The summed E-state index contributed by atoms with van der Waals surface area (Å²) in [4.78, 5) is 14.1. The summed E-state index contributed by atoms with van der Waals surface area (Å²) in [6.07, 6.45) is -1.14. The van der Waals surface area contributed by atoms with E-state index in [1.54, 1.807) is 18.7 Å². The molecular formula is C18H24F3NO2. The van der Waals surface area contributed by atoms with E-state index in [1.165, 1.54) is 6.07 Å². The van der Waals surface area contributed by atoms with Gasteiger partial charge in [-0.05, 0) is 56.9 Å². The Morgan fingerprint density at radius 1 is 1.38 bits per heavy atom. The zero-order valence-electron chi connectivity index (χ0n) is 14.3. The van der Waals surface area contributed by atoms with Crippen molar-refractivity contribution in [1.29, 1.82) is 0 Å². The minimum Gasteiger partial charge on any atom is -0.446 e. The lowest BCUT2D eigenvalue weighted by Gasteiger charge is -2.37. The Balaban J connectivity index is 2.36. The molecule has 0 saturated carbocycles. The largest absolute Gasteiger partial charge is 0.446 e. The molecule has 1 amide bonds. The topological polar surface area (TPSA) is 29.5 Å². The van der Waals surface area contributed by atoms with Crippen LogP contribution in [-0.4, -0.2) is 18.2 Å². The second kappa shape index (κ2) is 7.45. The molecule has 1 heterocycles. The van der Waals surface area contributed by atoms with Crippen LogP contribution in [0.4, 0.5) is 23.7 Å². The molecule has 0 aromatic heterocycles. The van der Waals surface area contributed by atoms with Crippen LogP contribution in [0.15, 0.2) is 18.2 Å². The monoisotopic (exact) mass is 343 g/mol. The molecule has 3 nitrogen and oxygen atoms in total. The number of benzene rings is 1. The first kappa shape index (κ1) is 18.6. The highest BCUT2D eigenvalue weighted by Gasteiger charge is 2.35. The SMILES string of the molecule is CCCCC1CCc2cc(C(F)(F)F)ccc2N1C(=O)OC(C)C. The maximum absolute atomic E-state index is 12.9. The van der Waals surface area contributed by atoms with Crippen LogP contribution >= 0.6 is 0 Å². The van der Waals surface area contributed by atoms with Gasteiger partial charge in [-0.3, -0.25) is 4.90 Å². The minimum absolute atomic E-state index is 0.0274. The van der Waals surface area contributed by atoms with E-state index in [2.05, 4.69) is 6.92 Å². The van der Waals surface area contributed by atoms with Crippen LogP contribution < -0.4 is 4.90 Å². The first-order valence-corrected chi connectivity index (χ1v) is 8.44. The smallest absolute Gasteiger partial charge is 0.416 e. The number of carbonyl (C=O) groups excluding carboxylic acids is 1. The van der Waals surface area contributed by atoms with Crippen LogP contribution in [0.25, 0.3) is 0 Å². The van der Waals surface area contributed by atoms with E-state index in [0.717, 1.165) is 31.4 Å². The van der Waals surface area contributed by atoms with Crippen LogP contribution in [0.3, 0.4) is 0 Å². The molecule has 0 bridgehead atoms. The number of fused-ring (bicyclic) bond motifs is 1. The van der Waals surface area contributed by atoms with Gasteiger partial charge in [-0.15, -0.1) is 0 Å². The lowest BCUT2D eigenvalue weighted by molar-refractivity contribution is -0.137. The summed E-state index contributed by atoms with van der Waals surface area (Å²) in [5.41, 5.74) is 0.421. The van der Waals surface area contributed by atoms with Crippen LogP contribution in [-0.2, 0) is 17.3 Å². The lowest BCUT2D eigenvalue weighted by Crippen LogP contribution is -2.45. The van der Waals surface area contributed by atoms with Crippen molar-refractivity contribution >= 4 is 11.8 Å². The van der Waals surface area contributed by atoms with Crippen molar-refractivity contribution < 1.29 is 22.7 Å². The molecule has 1 atom stereocenters. The number of carbonyl (C=O) groups is 1. The first-order valence-electron chi connectivity index (χ1n) is 8.44. The van der Waals surface area contributed by atoms with E-state index < -0.39 is 17.8 Å². The van der Waals surface area contributed by atoms with E-state index in [4.69, 9.17) is 4.74 Å². The molecule has 1 aliphatic rings. The summed E-state index contributed by atoms with van der Waals surface area (Å²) < 4.78 is 44.1. The Labute approximate surface area is 140 Å². The van der Waals surface area contributed by atoms with Gasteiger partial charge in [0.1, 0.15) is 0 Å². The third kappa shape index (κ3) is 4.22. The van der Waals surface area contributed by atoms with Crippen LogP contribution in [0.1, 0.15) is 57.6 Å². The Morgan fingerprint density at radius 2 is 2.08 bits per heavy atom. The summed E-state index contributed by atoms with van der Waals surface area (Å²) in [6, 6.07) is 3.57. The molecule has 0 aliphatic carbocycles. The van der Waals surface area contributed by atoms with Crippen molar-refractivity contribution in [2.75, 3.05) is 4.90 Å². The number of halogens is 3. The normalized spacial score (nSPS) is 17.8. The van der Waals surface area contributed by atoms with Gasteiger partial charge in [-0.1, -0.05) is 19.8 Å². The van der Waals surface area contributed by atoms with E-state index in [1.807, 2.05) is 0 Å². The maximum atomic E-state index is 12.9. The molecule has 1 unspecified atom stereocenters. The molecular weight excluding hydrogens is 319 g/mol. The second-order valence-corrected chi connectivity index (χ2v) is 6.48. The van der Waals surface area contributed by atoms with Crippen molar-refractivity contribution in [1.82, 2.24) is 0 Å². The molecule has 1 aromatic carbocycles. The summed E-state index contributed by atoms with van der Waals surface area (Å²) in [5, 5.41) is 0. The molecule has 0 fully saturated rings. The number of ether oxygens (including phenoxy) is 1. The number of amides is 1. The molecule has 0 saturated heterocycles. The summed E-state index contributed by atoms with van der Waals surface area (Å²) >= 11 is 0. The number of aryl methyl sites for hydroxylation is 1. The Kier molecular flexibility index (Phi) is 5.78. The van der Waals surface area contributed by atoms with Crippen molar-refractivity contribution in [3.05, 3.63) is 29.3 Å². The molecule has 1 aromatic rings. The highest BCUT2D eigenvalue weighted by molar-refractivity contribution is 5.90. The van der Waals surface area contributed by atoms with Crippen LogP contribution in [0, 0.1) is 0 Å². The Bertz CT molecular complexity index is 584. The molecule has 1 aliphatic heterocycles. The van der Waals surface area contributed by atoms with Gasteiger partial charge in [0.15, 0.2) is 0 Å². The van der Waals surface area contributed by atoms with Crippen LogP contribution in [0.5, 0.6) is 0 Å². The third-order valence-corrected chi connectivity index (χ3v) is 4.20. The maximum Gasteiger partial charge on any atom is 0.416 e. The fourth-order valence-electron chi connectivity index (χ4n) is 3.06. The highest BCUT2D eigenvalue weighted by atomic mass is 19.4. The number of anilines is 1. The van der Waals surface area contributed by atoms with Gasteiger partial charge >= 0.3 is 12.3 Å². The van der Waals surface area contributed by atoms with Gasteiger partial charge in [0.25, 0.3) is 0 Å². The minimum atomic E-state index is -4.38. The molecule has 134 valence electrons. The first-order chi connectivity index (χ1) is 11.2. The number of alkyl halides is 3. The van der Waals surface area contributed by atoms with Crippen molar-refractivity contribution in [3.8, 4) is 0 Å². The zero-order chi connectivity index (χ0) is 17.9. The van der Waals surface area contributed by atoms with Gasteiger partial charge in [-0.25, -0.2) is 4.79 Å². The highest BCUT2D eigenvalue weighted by Crippen LogP contribution is 2.38. The molecule has 0 N–H and O–H groups in total. The zero-order valence-corrected chi connectivity index (χ0v) is 14.3. The predicted octanol–water partition coefficient (Wildman–Crippen LogP) is 5.56. The number of hydrogen-bond donors (Lipinski definition) is 0. The van der Waals surface area contributed by atoms with Gasteiger partial charge in [0.05, 0.1) is 17.4 Å². The fourth-order valence-corrected chi connectivity index (χ4v) is 3.06. The predicted molar refractivity (Wildman–Crippen MR) is 87.2 cm³/mol. The fraction of sp³-hybridized carbons (Fsp3) is 0.611. The lowest BCUT2D eigenvalue weighted by atomic mass is 9.92. The summed E-state index contributed by atoms with van der Waals surface area (Å²) in [6.45, 7) is 5.59. The van der Waals surface area contributed by atoms with Gasteiger partial charge < -0.3 is 4.74 Å². The van der Waals surface area contributed by atoms with E-state index >= 15 is 0 Å². The third-order valence-electron chi connectivity index (χ3n) is 4.20. The molecule has 2 rings (SSSR count). The van der Waals surface area contributed by atoms with Crippen molar-refractivity contribution in [2.45, 2.75) is 71.2 Å². The molecule has 0 spiro atoms. The standard InChI is InChI=1S/C18H24F3NO2/c1-4-5-6-15-9-7-13-11-14(18(19,20)21)8-10-16(13)22(15)17(23)24-12(2)3/h8,10-12,15H,4-7,9H2,1-3H3. The molecule has 24 heavy (non-hydrogen) atoms. The van der Waals surface area contributed by atoms with E-state index in [-0.39, 0.29) is 12.1 Å². The number of unbranched alkanes of at least 4 members (excludes halogenated alkanes) is 1. The van der Waals surface area contributed by atoms with E-state index in [9.17, 15) is 18.0 Å². The summed E-state index contributed by atoms with van der Waals surface area (Å²) in [7, 11) is 0. The van der Waals surface area contributed by atoms with Gasteiger partial charge in [0, 0.05) is 6.04 Å². The molecule has 6 heteroatoms.